The number of hydrogen-bond donors (Lipinski definition) is 4. The smallest absolute Gasteiger partial charge is 0.145 e. The van der Waals surface area contributed by atoms with Crippen LogP contribution in [0.25, 0.3) is 0 Å². The molecule has 0 aliphatic carbocycles. The Morgan fingerprint density at radius 3 is 1.88 bits per heavy atom. The van der Waals surface area contributed by atoms with Gasteiger partial charge in [-0.1, -0.05) is 21.6 Å². The van der Waals surface area contributed by atoms with Crippen molar-refractivity contribution in [2.45, 2.75) is 15.6 Å². The van der Waals surface area contributed by atoms with Gasteiger partial charge < -0.3 is 0 Å². The summed E-state index contributed by atoms with van der Waals surface area (Å²) in [7, 11) is 3.94. The fourth-order valence-corrected chi connectivity index (χ4v) is 5.52. The van der Waals surface area contributed by atoms with Crippen LogP contribution in [0.4, 0.5) is 0 Å². The van der Waals surface area contributed by atoms with E-state index in [1.54, 1.807) is 11.8 Å². The molecule has 0 nitrogen and oxygen atoms in total. The third kappa shape index (κ3) is 16.8. The molecule has 0 amide bonds. The Labute approximate surface area is 138 Å². The van der Waals surface area contributed by atoms with Crippen LogP contribution in [0.5, 0.6) is 0 Å². The van der Waals surface area contributed by atoms with E-state index in [1.807, 2.05) is 33.3 Å². The van der Waals surface area contributed by atoms with E-state index in [-0.39, 0.29) is 0 Å². The Morgan fingerprint density at radius 1 is 0.812 bits per heavy atom. The van der Waals surface area contributed by atoms with Crippen molar-refractivity contribution in [1.82, 2.24) is 0 Å². The lowest BCUT2D eigenvalue weighted by Gasteiger charge is -2.13. The van der Waals surface area contributed by atoms with Crippen molar-refractivity contribution in [3.05, 3.63) is 0 Å². The molecule has 0 aliphatic heterocycles. The maximum atomic E-state index is 4.22. The molecule has 0 aromatic rings. The Kier molecular flexibility index (Phi) is 15.1. The van der Waals surface area contributed by atoms with Crippen molar-refractivity contribution in [1.29, 1.82) is 0 Å². The molecule has 0 radical (unpaired) electrons. The van der Waals surface area contributed by atoms with Gasteiger partial charge in [0.25, 0.3) is 0 Å². The van der Waals surface area contributed by atoms with Crippen LogP contribution in [-0.2, 0) is 0 Å². The van der Waals surface area contributed by atoms with E-state index < -0.39 is 2.74 Å². The van der Waals surface area contributed by atoms with E-state index in [0.717, 1.165) is 10.8 Å². The summed E-state index contributed by atoms with van der Waals surface area (Å²) in [6.07, 6.45) is 2.47. The van der Waals surface area contributed by atoms with E-state index in [1.165, 1.54) is 30.1 Å². The molecule has 0 rings (SSSR count). The molecule has 0 aromatic heterocycles. The van der Waals surface area contributed by atoms with E-state index in [2.05, 4.69) is 50.5 Å². The van der Waals surface area contributed by atoms with Gasteiger partial charge in [0, 0.05) is 16.6 Å². The third-order valence-corrected chi connectivity index (χ3v) is 7.29. The van der Waals surface area contributed by atoms with E-state index in [4.69, 9.17) is 0 Å². The van der Waals surface area contributed by atoms with Crippen LogP contribution in [-0.4, -0.2) is 30.8 Å². The molecule has 0 fully saturated rings. The van der Waals surface area contributed by atoms with Crippen LogP contribution in [0, 0.1) is 0 Å². The van der Waals surface area contributed by atoms with Crippen LogP contribution in [0.3, 0.4) is 0 Å². The summed E-state index contributed by atoms with van der Waals surface area (Å²) in [5, 5.41) is 0.938. The zero-order valence-corrected chi connectivity index (χ0v) is 15.7. The highest BCUT2D eigenvalue weighted by Crippen LogP contribution is 2.38. The molecular weight excluding hydrogens is 353 g/mol. The van der Waals surface area contributed by atoms with Gasteiger partial charge in [0.05, 0.1) is 0 Å². The second kappa shape index (κ2) is 12.8. The van der Waals surface area contributed by atoms with Crippen molar-refractivity contribution < 1.29 is 0 Å². The van der Waals surface area contributed by atoms with E-state index >= 15 is 0 Å². The van der Waals surface area contributed by atoms with E-state index in [9.17, 15) is 0 Å². The highest BCUT2D eigenvalue weighted by atomic mass is 33.1. The average molecular weight is 371 g/mol. The summed E-state index contributed by atoms with van der Waals surface area (Å²) < 4.78 is -0.484. The number of thioether (sulfide) groups is 2. The molecule has 0 spiro atoms. The first-order valence-corrected chi connectivity index (χ1v) is 11.4. The van der Waals surface area contributed by atoms with Crippen molar-refractivity contribution in [3.63, 3.8) is 0 Å². The third-order valence-electron chi connectivity index (χ3n) is 1.36. The number of rotatable bonds is 11. The van der Waals surface area contributed by atoms with Gasteiger partial charge in [-0.05, 0) is 24.3 Å². The lowest BCUT2D eigenvalue weighted by Crippen LogP contribution is -1.97. The van der Waals surface area contributed by atoms with Gasteiger partial charge in [-0.2, -0.15) is 24.4 Å². The van der Waals surface area contributed by atoms with Crippen LogP contribution in [0.1, 0.15) is 12.8 Å². The lowest BCUT2D eigenvalue weighted by molar-refractivity contribution is 1.12. The molecule has 0 N–H and O–H groups in total. The lowest BCUT2D eigenvalue weighted by atomic mass is 10.6. The average Bonchev–Trinajstić information content (AvgIpc) is 2.19. The highest BCUT2D eigenvalue weighted by Gasteiger charge is 2.12. The molecule has 0 aliphatic rings. The van der Waals surface area contributed by atoms with Gasteiger partial charge >= 0.3 is 0 Å². The Hall–Kier alpha value is 2.80. The summed E-state index contributed by atoms with van der Waals surface area (Å²) >= 11 is 20.4. The van der Waals surface area contributed by atoms with Gasteiger partial charge in [0.1, 0.15) is 2.74 Å². The molecule has 0 aromatic carbocycles. The van der Waals surface area contributed by atoms with Crippen LogP contribution in [0.15, 0.2) is 0 Å². The first kappa shape index (κ1) is 18.8. The number of thiol groups is 4. The van der Waals surface area contributed by atoms with Crippen molar-refractivity contribution in [2.24, 2.45) is 0 Å². The quantitative estimate of drug-likeness (QED) is 0.177. The molecule has 0 heterocycles. The summed E-state index contributed by atoms with van der Waals surface area (Å²) in [5.41, 5.74) is 0. The number of hydrogen-bond acceptors (Lipinski definition) is 8. The zero-order valence-electron chi connectivity index (χ0n) is 8.87. The fourth-order valence-electron chi connectivity index (χ4n) is 0.729. The van der Waals surface area contributed by atoms with Crippen LogP contribution >= 0.6 is 95.6 Å². The van der Waals surface area contributed by atoms with Gasteiger partial charge in [-0.3, -0.25) is 0 Å². The van der Waals surface area contributed by atoms with Crippen LogP contribution in [0.2, 0.25) is 0 Å². The van der Waals surface area contributed by atoms with Gasteiger partial charge in [-0.25, -0.2) is 0 Å². The van der Waals surface area contributed by atoms with Crippen molar-refractivity contribution >= 4 is 95.6 Å². The molecule has 16 heavy (non-hydrogen) atoms. The molecule has 0 atom stereocenters. The normalized spacial score (nSPS) is 12.0. The minimum Gasteiger partial charge on any atom is -0.168 e. The molecule has 8 heteroatoms. The predicted molar refractivity (Wildman–Crippen MR) is 103 cm³/mol. The molecular formula is C8H18S8. The molecule has 0 saturated heterocycles. The summed E-state index contributed by atoms with van der Waals surface area (Å²) in [4.78, 5) is 0. The Bertz CT molecular complexity index is 145. The standard InChI is InChI=1S/C8H18S8/c9-7-13-3-1-5-15-16-6-2-4-14-8(10,11)12/h9-12H,1-7H2. The summed E-state index contributed by atoms with van der Waals surface area (Å²) in [6.45, 7) is 0. The van der Waals surface area contributed by atoms with Crippen molar-refractivity contribution in [3.8, 4) is 0 Å². The fraction of sp³-hybridized carbons (Fsp3) is 1.00. The van der Waals surface area contributed by atoms with Crippen molar-refractivity contribution in [2.75, 3.05) is 28.1 Å². The molecule has 98 valence electrons. The topological polar surface area (TPSA) is 0 Å². The zero-order chi connectivity index (χ0) is 12.3. The second-order valence-electron chi connectivity index (χ2n) is 2.81. The predicted octanol–water partition coefficient (Wildman–Crippen LogP) is 4.90. The largest absolute Gasteiger partial charge is 0.168 e. The Morgan fingerprint density at radius 2 is 1.38 bits per heavy atom. The first-order valence-electron chi connectivity index (χ1n) is 4.80. The van der Waals surface area contributed by atoms with E-state index in [0.29, 0.717) is 0 Å². The molecule has 0 unspecified atom stereocenters. The summed E-state index contributed by atoms with van der Waals surface area (Å²) in [6, 6.07) is 0. The second-order valence-corrected chi connectivity index (χ2v) is 12.6. The van der Waals surface area contributed by atoms with Gasteiger partial charge in [0.15, 0.2) is 0 Å². The minimum atomic E-state index is -0.484. The highest BCUT2D eigenvalue weighted by molar-refractivity contribution is 8.76. The van der Waals surface area contributed by atoms with Gasteiger partial charge in [0.2, 0.25) is 0 Å². The minimum absolute atomic E-state index is 0.484. The molecule has 0 saturated carbocycles. The Balaban J connectivity index is 2.99. The maximum Gasteiger partial charge on any atom is 0.145 e. The van der Waals surface area contributed by atoms with Gasteiger partial charge in [-0.15, -0.1) is 49.6 Å². The first-order chi connectivity index (χ1) is 7.56. The molecule has 0 bridgehead atoms. The SMILES string of the molecule is SCSCCCSSCCCSC(S)(S)S. The maximum absolute atomic E-state index is 4.22. The van der Waals surface area contributed by atoms with Crippen LogP contribution < -0.4 is 0 Å². The summed E-state index contributed by atoms with van der Waals surface area (Å²) in [5.74, 6) is 4.74. The monoisotopic (exact) mass is 370 g/mol.